The van der Waals surface area contributed by atoms with Gasteiger partial charge in [0.25, 0.3) is 17.6 Å². The van der Waals surface area contributed by atoms with Gasteiger partial charge in [-0.2, -0.15) is 20.4 Å². The molecule has 10 rings (SSSR count). The number of nitrogens with one attached hydrogen (secondary N) is 1. The maximum atomic E-state index is 12.4. The van der Waals surface area contributed by atoms with Crippen molar-refractivity contribution in [2.75, 3.05) is 78.2 Å². The van der Waals surface area contributed by atoms with E-state index in [2.05, 4.69) is 50.1 Å². The number of rotatable bonds is 15. The third kappa shape index (κ3) is 21.7. The van der Waals surface area contributed by atoms with Crippen LogP contribution in [0.3, 0.4) is 0 Å². The summed E-state index contributed by atoms with van der Waals surface area (Å²) in [6.07, 6.45) is 13.2. The van der Waals surface area contributed by atoms with Crippen LogP contribution in [0.5, 0.6) is 11.5 Å². The Balaban J connectivity index is 0.000000330. The van der Waals surface area contributed by atoms with Crippen LogP contribution in [0.15, 0.2) is 132 Å². The molecule has 8 aromatic rings. The first-order valence-corrected chi connectivity index (χ1v) is 24.4. The van der Waals surface area contributed by atoms with E-state index < -0.39 is 0 Å². The van der Waals surface area contributed by atoms with Gasteiger partial charge in [0.2, 0.25) is 0 Å². The van der Waals surface area contributed by atoms with E-state index in [1.807, 2.05) is 75.0 Å². The minimum atomic E-state index is -0.186. The van der Waals surface area contributed by atoms with Crippen molar-refractivity contribution in [3.63, 3.8) is 0 Å². The molecule has 2 fully saturated rings. The van der Waals surface area contributed by atoms with E-state index in [9.17, 15) is 14.7 Å². The number of aromatic nitrogens is 12. The molecule has 23 nitrogen and oxygen atoms in total. The summed E-state index contributed by atoms with van der Waals surface area (Å²) in [7, 11) is 3.67. The number of halogens is 2. The van der Waals surface area contributed by atoms with Crippen LogP contribution in [-0.2, 0) is 46.3 Å². The number of aryl methyl sites for hydroxylation is 2. The second-order valence-corrected chi connectivity index (χ2v) is 17.3. The molecule has 0 aliphatic carbocycles. The standard InChI is InChI=1S/C25H27N7O3.C19H16N6O2.C6H12ClNO.CH2O3.ClH.2Cs.H/c1-30-18-21(14-28-30)23-5-6-24(33)32(29-23)17-19-3-2-4-20(13-19)25-26-15-22(16-27-25)35-12-9-31-7-10-34-11-8-31;1-24-12-15(8-22-24)17-5-6-18(27)25(23-17)11-13-3-2-4-14(7-13)19-20-9-16(26)10-21-19;7-1-2-8-3-5-9-6-4-8;2-1-4-3;;;;/h2-6,13-16,18H,7-12,17H2,1H3;2-10,12,26H,11H2,1H3;1-6H2;1,3H;1H;;;/q;;;;;2*+1;-1/p-1. The Labute approximate surface area is 580 Å². The smallest absolute Gasteiger partial charge is 1.00 e. The number of alkyl halides is 1. The molecule has 0 unspecified atom stereocenters. The fraction of sp³-hybridized carbons (Fsp3) is 0.314. The van der Waals surface area contributed by atoms with Gasteiger partial charge in [-0.3, -0.25) is 28.6 Å². The minimum Gasteiger partial charge on any atom is -1.00 e. The summed E-state index contributed by atoms with van der Waals surface area (Å²) in [5.74, 6) is 2.52. The summed E-state index contributed by atoms with van der Waals surface area (Å²) in [5, 5.41) is 35.0. The third-order valence-corrected chi connectivity index (χ3v) is 11.7. The summed E-state index contributed by atoms with van der Waals surface area (Å²) in [6, 6.07) is 21.8. The molecule has 0 spiro atoms. The van der Waals surface area contributed by atoms with Gasteiger partial charge in [-0.05, 0) is 35.4 Å². The summed E-state index contributed by atoms with van der Waals surface area (Å²) in [5.41, 5.74) is 6.20. The topological polar surface area (TPSA) is 262 Å². The van der Waals surface area contributed by atoms with Gasteiger partial charge in [0.1, 0.15) is 19.7 Å². The zero-order valence-corrected chi connectivity index (χ0v) is 57.9. The van der Waals surface area contributed by atoms with E-state index in [1.54, 1.807) is 51.2 Å². The van der Waals surface area contributed by atoms with Crippen molar-refractivity contribution in [2.24, 2.45) is 14.1 Å². The number of aromatic hydroxyl groups is 1. The van der Waals surface area contributed by atoms with Crippen LogP contribution in [-0.4, -0.2) is 154 Å². The van der Waals surface area contributed by atoms with Crippen molar-refractivity contribution in [1.29, 1.82) is 0 Å². The van der Waals surface area contributed by atoms with E-state index >= 15 is 0 Å². The Hall–Kier alpha value is -3.67. The van der Waals surface area contributed by atoms with E-state index in [0.29, 0.717) is 48.5 Å². The molecular formula is C51H58Cl2Cs2N14O9. The van der Waals surface area contributed by atoms with Gasteiger partial charge in [0, 0.05) is 80.5 Å². The quantitative estimate of drug-likeness (QED) is 0.0418. The Bertz CT molecular complexity index is 3160. The Morgan fingerprint density at radius 2 is 1.18 bits per heavy atom. The zero-order valence-electron chi connectivity index (χ0n) is 44.8. The number of carbonyl (C=O) groups is 1. The molecule has 0 amide bonds. The first-order chi connectivity index (χ1) is 36.6. The molecule has 402 valence electrons. The number of hydrogen-bond acceptors (Lipinski definition) is 18. The normalized spacial score (nSPS) is 13.0. The zero-order chi connectivity index (χ0) is 52.8. The van der Waals surface area contributed by atoms with E-state index in [4.69, 9.17) is 35.9 Å². The summed E-state index contributed by atoms with van der Waals surface area (Å²) >= 11 is 5.57. The Morgan fingerprint density at radius 1 is 0.705 bits per heavy atom. The van der Waals surface area contributed by atoms with Crippen LogP contribution in [0.2, 0.25) is 0 Å². The Kier molecular flexibility index (Phi) is 30.8. The van der Waals surface area contributed by atoms with Crippen molar-refractivity contribution in [3.05, 3.63) is 154 Å². The molecule has 0 radical (unpaired) electrons. The molecule has 27 heteroatoms. The molecule has 78 heavy (non-hydrogen) atoms. The van der Waals surface area contributed by atoms with Gasteiger partial charge in [0.15, 0.2) is 23.1 Å². The molecule has 2 N–H and O–H groups in total. The number of benzene rings is 2. The number of morpholine rings is 2. The maximum absolute atomic E-state index is 12.4. The molecule has 2 saturated heterocycles. The van der Waals surface area contributed by atoms with Crippen LogP contribution >= 0.6 is 11.6 Å². The fourth-order valence-electron chi connectivity index (χ4n) is 7.67. The number of nitrogens with zero attached hydrogens (tertiary/aromatic N) is 13. The Morgan fingerprint density at radius 3 is 1.63 bits per heavy atom. The summed E-state index contributed by atoms with van der Waals surface area (Å²) < 4.78 is 22.6. The largest absolute Gasteiger partial charge is 1.00 e. The first-order valence-electron chi connectivity index (χ1n) is 23.9. The molecule has 2 aliphatic rings. The van der Waals surface area contributed by atoms with Gasteiger partial charge in [0.05, 0.1) is 101 Å². The molecule has 0 saturated carbocycles. The van der Waals surface area contributed by atoms with Crippen molar-refractivity contribution in [3.8, 4) is 56.8 Å². The van der Waals surface area contributed by atoms with Gasteiger partial charge < -0.3 is 48.2 Å². The van der Waals surface area contributed by atoms with Crippen LogP contribution in [0.25, 0.3) is 45.3 Å². The average Bonchev–Trinajstić information content (AvgIpc) is 4.09. The van der Waals surface area contributed by atoms with Crippen LogP contribution in [0, 0.1) is 0 Å². The number of hydrogen-bond donors (Lipinski definition) is 2. The van der Waals surface area contributed by atoms with Crippen molar-refractivity contribution >= 4 is 18.1 Å². The molecule has 0 bridgehead atoms. The van der Waals surface area contributed by atoms with Crippen LogP contribution < -0.4 is 176 Å². The maximum Gasteiger partial charge on any atom is 1.00 e. The molecule has 6 aromatic heterocycles. The number of quaternary nitrogens is 1. The van der Waals surface area contributed by atoms with Crippen molar-refractivity contribution in [1.82, 2.24) is 64.0 Å². The number of ether oxygens (including phenoxy) is 3. The van der Waals surface area contributed by atoms with E-state index in [0.717, 1.165) is 105 Å². The second-order valence-electron chi connectivity index (χ2n) is 16.9. The van der Waals surface area contributed by atoms with Crippen LogP contribution in [0.1, 0.15) is 12.6 Å². The average molecular weight is 1350 g/mol. The van der Waals surface area contributed by atoms with E-state index in [1.165, 1.54) is 33.9 Å². The summed E-state index contributed by atoms with van der Waals surface area (Å²) in [6.45, 7) is 10.5. The SMILES string of the molecule is ClCC[NH+]1CCOCC1.Cn1cc(-c2ccc(=O)n(Cc3cccc(-c4ncc(O)cn4)c3)n2)cn1.Cn1cc(-c2ccc(=O)n(Cc3cccc(-c4ncc(OCCN5CCOCC5)cn4)c3)n2)cn1.O=CO[O-].[Cl-].[Cs+].[Cs+].[H-]. The van der Waals surface area contributed by atoms with Crippen molar-refractivity contribution < 1.29 is 191 Å². The number of carbonyl (C=O) groups excluding carboxylic acids is 1. The summed E-state index contributed by atoms with van der Waals surface area (Å²) in [4.78, 5) is 57.0. The second kappa shape index (κ2) is 35.9. The van der Waals surface area contributed by atoms with Crippen LogP contribution in [0.4, 0.5) is 0 Å². The predicted octanol–water partition coefficient (Wildman–Crippen LogP) is -7.59. The molecular weight excluding hydrogens is 1290 g/mol. The van der Waals surface area contributed by atoms with Crippen molar-refractivity contribution in [2.45, 2.75) is 13.1 Å². The fourth-order valence-corrected chi connectivity index (χ4v) is 7.94. The van der Waals surface area contributed by atoms with Gasteiger partial charge in [-0.15, -0.1) is 11.6 Å². The van der Waals surface area contributed by atoms with Gasteiger partial charge in [-0.1, -0.05) is 36.4 Å². The minimum absolute atomic E-state index is 0. The first kappa shape index (κ1) is 66.8. The molecule has 2 aliphatic heterocycles. The van der Waals surface area contributed by atoms with Gasteiger partial charge >= 0.3 is 138 Å². The monoisotopic (exact) mass is 1350 g/mol. The molecule has 2 aromatic carbocycles. The van der Waals surface area contributed by atoms with E-state index in [-0.39, 0.29) is 175 Å². The third-order valence-electron chi connectivity index (χ3n) is 11.5. The predicted molar refractivity (Wildman–Crippen MR) is 274 cm³/mol. The molecule has 0 atom stereocenters. The molecule has 8 heterocycles. The van der Waals surface area contributed by atoms with Gasteiger partial charge in [-0.25, -0.2) is 29.3 Å².